The smallest absolute Gasteiger partial charge is 0.0574 e. The van der Waals surface area contributed by atoms with Crippen LogP contribution in [-0.4, -0.2) is 68.3 Å². The summed E-state index contributed by atoms with van der Waals surface area (Å²) < 4.78 is 0. The molecule has 5 nitrogen and oxygen atoms in total. The number of nitrogens with zero attached hydrogens (tertiary/aromatic N) is 4. The summed E-state index contributed by atoms with van der Waals surface area (Å²) in [4.78, 5) is 12.1. The van der Waals surface area contributed by atoms with Gasteiger partial charge >= 0.3 is 0 Å². The lowest BCUT2D eigenvalue weighted by atomic mass is 10.0. The van der Waals surface area contributed by atoms with E-state index in [0.29, 0.717) is 0 Å². The van der Waals surface area contributed by atoms with Crippen LogP contribution in [0, 0.1) is 0 Å². The first-order valence-electron chi connectivity index (χ1n) is 8.80. The molecule has 0 unspecified atom stereocenters. The number of hydrogen-bond acceptors (Lipinski definition) is 5. The lowest BCUT2D eigenvalue weighted by Gasteiger charge is -2.48. The average Bonchev–Trinajstić information content (AvgIpc) is 2.56. The van der Waals surface area contributed by atoms with Crippen molar-refractivity contribution >= 4 is 11.4 Å². The maximum absolute atomic E-state index is 4.49. The second-order valence-electron chi connectivity index (χ2n) is 6.79. The highest BCUT2D eigenvalue weighted by molar-refractivity contribution is 5.58. The molecule has 0 spiro atoms. The van der Waals surface area contributed by atoms with Crippen molar-refractivity contribution in [2.75, 3.05) is 62.2 Å². The van der Waals surface area contributed by atoms with Gasteiger partial charge in [-0.1, -0.05) is 0 Å². The standard InChI is InChI=1S/C17H27N5/c1-2-6-20(7-3-1)15-10-16(12-19-11-15)22-13-17(14-22)21-8-4-18-5-9-21/h10-12,17-18H,1-9,13-14H2. The van der Waals surface area contributed by atoms with E-state index in [4.69, 9.17) is 0 Å². The van der Waals surface area contributed by atoms with Crippen molar-refractivity contribution in [3.63, 3.8) is 0 Å². The molecule has 0 saturated carbocycles. The van der Waals surface area contributed by atoms with E-state index < -0.39 is 0 Å². The summed E-state index contributed by atoms with van der Waals surface area (Å²) in [7, 11) is 0. The number of piperidine rings is 1. The fourth-order valence-electron chi connectivity index (χ4n) is 3.86. The van der Waals surface area contributed by atoms with Crippen LogP contribution in [0.1, 0.15) is 19.3 Å². The Hall–Kier alpha value is -1.33. The van der Waals surface area contributed by atoms with Crippen LogP contribution in [0.2, 0.25) is 0 Å². The van der Waals surface area contributed by atoms with Crippen molar-refractivity contribution in [3.05, 3.63) is 18.5 Å². The van der Waals surface area contributed by atoms with Gasteiger partial charge in [-0.05, 0) is 25.3 Å². The van der Waals surface area contributed by atoms with Gasteiger partial charge in [0.25, 0.3) is 0 Å². The van der Waals surface area contributed by atoms with Crippen molar-refractivity contribution in [2.24, 2.45) is 0 Å². The lowest BCUT2D eigenvalue weighted by molar-refractivity contribution is 0.147. The highest BCUT2D eigenvalue weighted by Gasteiger charge is 2.32. The molecule has 3 saturated heterocycles. The molecule has 0 bridgehead atoms. The highest BCUT2D eigenvalue weighted by atomic mass is 15.3. The molecule has 5 heteroatoms. The Morgan fingerprint density at radius 2 is 1.55 bits per heavy atom. The number of rotatable bonds is 3. The molecule has 3 fully saturated rings. The molecule has 4 rings (SSSR count). The van der Waals surface area contributed by atoms with E-state index in [1.807, 2.05) is 12.4 Å². The molecule has 0 radical (unpaired) electrons. The Morgan fingerprint density at radius 1 is 0.864 bits per heavy atom. The Morgan fingerprint density at radius 3 is 2.27 bits per heavy atom. The van der Waals surface area contributed by atoms with Gasteiger partial charge in [0.2, 0.25) is 0 Å². The minimum Gasteiger partial charge on any atom is -0.370 e. The third-order valence-corrected chi connectivity index (χ3v) is 5.33. The number of hydrogen-bond donors (Lipinski definition) is 1. The molecule has 3 aliphatic rings. The van der Waals surface area contributed by atoms with Crippen LogP contribution in [-0.2, 0) is 0 Å². The molecular weight excluding hydrogens is 274 g/mol. The fourth-order valence-corrected chi connectivity index (χ4v) is 3.86. The van der Waals surface area contributed by atoms with E-state index in [1.54, 1.807) is 0 Å². The van der Waals surface area contributed by atoms with Crippen molar-refractivity contribution in [3.8, 4) is 0 Å². The topological polar surface area (TPSA) is 34.6 Å². The van der Waals surface area contributed by atoms with Crippen LogP contribution in [0.15, 0.2) is 18.5 Å². The van der Waals surface area contributed by atoms with E-state index >= 15 is 0 Å². The van der Waals surface area contributed by atoms with Gasteiger partial charge in [-0.2, -0.15) is 0 Å². The molecule has 3 aliphatic heterocycles. The van der Waals surface area contributed by atoms with Gasteiger partial charge in [-0.15, -0.1) is 0 Å². The predicted octanol–water partition coefficient (Wildman–Crippen LogP) is 1.17. The van der Waals surface area contributed by atoms with Crippen LogP contribution >= 0.6 is 0 Å². The molecule has 0 aromatic carbocycles. The zero-order valence-corrected chi connectivity index (χ0v) is 13.4. The Bertz CT molecular complexity index is 488. The van der Waals surface area contributed by atoms with Gasteiger partial charge in [0.15, 0.2) is 0 Å². The Kier molecular flexibility index (Phi) is 4.17. The van der Waals surface area contributed by atoms with Gasteiger partial charge in [0.1, 0.15) is 0 Å². The molecule has 0 amide bonds. The van der Waals surface area contributed by atoms with Gasteiger partial charge in [0.05, 0.1) is 23.8 Å². The zero-order valence-electron chi connectivity index (χ0n) is 13.4. The van der Waals surface area contributed by atoms with Crippen molar-refractivity contribution in [1.82, 2.24) is 15.2 Å². The average molecular weight is 301 g/mol. The summed E-state index contributed by atoms with van der Waals surface area (Å²) >= 11 is 0. The van der Waals surface area contributed by atoms with Crippen LogP contribution < -0.4 is 15.1 Å². The molecular formula is C17H27N5. The SMILES string of the molecule is c1ncc(N2CC(N3CCNCC3)C2)cc1N1CCCCC1. The van der Waals surface area contributed by atoms with Gasteiger partial charge in [-0.3, -0.25) is 9.88 Å². The second kappa shape index (κ2) is 6.42. The van der Waals surface area contributed by atoms with E-state index in [2.05, 4.69) is 31.1 Å². The molecule has 22 heavy (non-hydrogen) atoms. The first-order valence-corrected chi connectivity index (χ1v) is 8.80. The second-order valence-corrected chi connectivity index (χ2v) is 6.79. The van der Waals surface area contributed by atoms with Crippen molar-refractivity contribution < 1.29 is 0 Å². The van der Waals surface area contributed by atoms with Crippen LogP contribution in [0.3, 0.4) is 0 Å². The maximum Gasteiger partial charge on any atom is 0.0574 e. The molecule has 1 aromatic heterocycles. The third-order valence-electron chi connectivity index (χ3n) is 5.33. The van der Waals surface area contributed by atoms with Crippen LogP contribution in [0.5, 0.6) is 0 Å². The maximum atomic E-state index is 4.49. The molecule has 120 valence electrons. The summed E-state index contributed by atoms with van der Waals surface area (Å²) in [6.07, 6.45) is 8.07. The van der Waals surface area contributed by atoms with Gasteiger partial charge in [0, 0.05) is 58.4 Å². The lowest BCUT2D eigenvalue weighted by Crippen LogP contribution is -2.62. The van der Waals surface area contributed by atoms with Crippen LogP contribution in [0.25, 0.3) is 0 Å². The molecule has 0 atom stereocenters. The Balaban J connectivity index is 1.37. The largest absolute Gasteiger partial charge is 0.370 e. The summed E-state index contributed by atoms with van der Waals surface area (Å²) in [6.45, 7) is 9.37. The zero-order chi connectivity index (χ0) is 14.8. The van der Waals surface area contributed by atoms with Gasteiger partial charge < -0.3 is 15.1 Å². The van der Waals surface area contributed by atoms with Crippen molar-refractivity contribution in [2.45, 2.75) is 25.3 Å². The third kappa shape index (κ3) is 2.92. The number of piperazine rings is 1. The number of nitrogens with one attached hydrogen (secondary N) is 1. The summed E-state index contributed by atoms with van der Waals surface area (Å²) in [5, 5.41) is 3.43. The van der Waals surface area contributed by atoms with E-state index in [1.165, 1.54) is 56.8 Å². The molecule has 1 N–H and O–H groups in total. The number of aromatic nitrogens is 1. The molecule has 1 aromatic rings. The molecule has 0 aliphatic carbocycles. The Labute approximate surface area is 133 Å². The van der Waals surface area contributed by atoms with Gasteiger partial charge in [-0.25, -0.2) is 0 Å². The van der Waals surface area contributed by atoms with E-state index in [9.17, 15) is 0 Å². The quantitative estimate of drug-likeness (QED) is 0.906. The summed E-state index contributed by atoms with van der Waals surface area (Å²) in [5.41, 5.74) is 2.61. The fraction of sp³-hybridized carbons (Fsp3) is 0.706. The van der Waals surface area contributed by atoms with Crippen molar-refractivity contribution in [1.29, 1.82) is 0 Å². The first-order chi connectivity index (χ1) is 10.9. The highest BCUT2D eigenvalue weighted by Crippen LogP contribution is 2.28. The molecule has 4 heterocycles. The predicted molar refractivity (Wildman–Crippen MR) is 90.7 cm³/mol. The van der Waals surface area contributed by atoms with E-state index in [0.717, 1.165) is 32.2 Å². The van der Waals surface area contributed by atoms with Crippen LogP contribution in [0.4, 0.5) is 11.4 Å². The number of pyridine rings is 1. The monoisotopic (exact) mass is 301 g/mol. The summed E-state index contributed by atoms with van der Waals surface area (Å²) in [6, 6.07) is 3.08. The summed E-state index contributed by atoms with van der Waals surface area (Å²) in [5.74, 6) is 0. The minimum absolute atomic E-state index is 0.737. The normalized spacial score (nSPS) is 24.4. The number of anilines is 2. The van der Waals surface area contributed by atoms with E-state index in [-0.39, 0.29) is 0 Å². The first kappa shape index (κ1) is 14.3. The minimum atomic E-state index is 0.737.